The summed E-state index contributed by atoms with van der Waals surface area (Å²) in [4.78, 5) is 24.9. The van der Waals surface area contributed by atoms with Gasteiger partial charge in [0.25, 0.3) is 5.91 Å². The molecule has 0 spiro atoms. The van der Waals surface area contributed by atoms with Crippen molar-refractivity contribution in [1.82, 2.24) is 10.2 Å². The summed E-state index contributed by atoms with van der Waals surface area (Å²) in [5.74, 6) is -0.319. The van der Waals surface area contributed by atoms with E-state index < -0.39 is 6.03 Å². The number of amides is 3. The molecule has 0 aliphatic rings. The molecule has 0 aliphatic heterocycles. The number of carbonyl (C=O) groups is 2. The van der Waals surface area contributed by atoms with Crippen LogP contribution in [0.4, 0.5) is 4.79 Å². The quantitative estimate of drug-likeness (QED) is 0.940. The van der Waals surface area contributed by atoms with Gasteiger partial charge in [-0.05, 0) is 30.2 Å². The second kappa shape index (κ2) is 6.70. The normalized spacial score (nSPS) is 10.0. The molecule has 0 unspecified atom stereocenters. The zero-order valence-corrected chi connectivity index (χ0v) is 12.2. The summed E-state index contributed by atoms with van der Waals surface area (Å²) >= 11 is 0. The first-order valence-electron chi connectivity index (χ1n) is 6.85. The summed E-state index contributed by atoms with van der Waals surface area (Å²) in [6.45, 7) is 2.30. The Balaban J connectivity index is 2.15. The number of benzene rings is 2. The van der Waals surface area contributed by atoms with Crippen LogP contribution < -0.4 is 5.32 Å². The van der Waals surface area contributed by atoms with Gasteiger partial charge in [-0.25, -0.2) is 4.79 Å². The van der Waals surface area contributed by atoms with E-state index in [0.29, 0.717) is 12.1 Å². The number of carbonyl (C=O) groups excluding carboxylic acids is 2. The summed E-state index contributed by atoms with van der Waals surface area (Å²) in [6.07, 6.45) is 0. The maximum Gasteiger partial charge on any atom is 0.324 e. The van der Waals surface area contributed by atoms with Crippen LogP contribution in [0.3, 0.4) is 0 Å². The molecule has 2 aromatic carbocycles. The SMILES string of the molecule is CCNC(=O)N(C)C(=O)c1ccc(-c2ccccc2)cc1. The maximum absolute atomic E-state index is 12.2. The fourth-order valence-corrected chi connectivity index (χ4v) is 1.99. The predicted molar refractivity (Wildman–Crippen MR) is 83.0 cm³/mol. The average molecular weight is 282 g/mol. The van der Waals surface area contributed by atoms with Crippen molar-refractivity contribution in [3.05, 3.63) is 60.2 Å². The Morgan fingerprint density at radius 3 is 2.10 bits per heavy atom. The number of rotatable bonds is 3. The second-order valence-corrected chi connectivity index (χ2v) is 4.64. The summed E-state index contributed by atoms with van der Waals surface area (Å²) in [6, 6.07) is 16.8. The molecule has 0 bridgehead atoms. The Morgan fingerprint density at radius 2 is 1.52 bits per heavy atom. The molecule has 0 saturated carbocycles. The minimum absolute atomic E-state index is 0.319. The number of nitrogens with one attached hydrogen (secondary N) is 1. The maximum atomic E-state index is 12.2. The van der Waals surface area contributed by atoms with Gasteiger partial charge in [0.15, 0.2) is 0 Å². The van der Waals surface area contributed by atoms with Gasteiger partial charge in [0.2, 0.25) is 0 Å². The molecule has 1 N–H and O–H groups in total. The van der Waals surface area contributed by atoms with Crippen LogP contribution in [0.5, 0.6) is 0 Å². The van der Waals surface area contributed by atoms with Gasteiger partial charge in [0.05, 0.1) is 0 Å². The zero-order chi connectivity index (χ0) is 15.2. The van der Waals surface area contributed by atoms with Crippen molar-refractivity contribution in [2.45, 2.75) is 6.92 Å². The van der Waals surface area contributed by atoms with E-state index in [1.165, 1.54) is 7.05 Å². The lowest BCUT2D eigenvalue weighted by molar-refractivity contribution is 0.0832. The van der Waals surface area contributed by atoms with Crippen LogP contribution in [-0.2, 0) is 0 Å². The highest BCUT2D eigenvalue weighted by Crippen LogP contribution is 2.19. The molecule has 3 amide bonds. The first kappa shape index (κ1) is 14.8. The molecule has 4 nitrogen and oxygen atoms in total. The van der Waals surface area contributed by atoms with Crippen molar-refractivity contribution in [3.8, 4) is 11.1 Å². The molecular weight excluding hydrogens is 264 g/mol. The number of imide groups is 1. The number of nitrogens with zero attached hydrogens (tertiary/aromatic N) is 1. The lowest BCUT2D eigenvalue weighted by Gasteiger charge is -2.15. The molecule has 21 heavy (non-hydrogen) atoms. The molecule has 4 heteroatoms. The van der Waals surface area contributed by atoms with Gasteiger partial charge in [-0.1, -0.05) is 42.5 Å². The molecule has 2 aromatic rings. The largest absolute Gasteiger partial charge is 0.338 e. The van der Waals surface area contributed by atoms with Crippen LogP contribution in [0, 0.1) is 0 Å². The van der Waals surface area contributed by atoms with Gasteiger partial charge in [-0.3, -0.25) is 9.69 Å². The third-order valence-electron chi connectivity index (χ3n) is 3.18. The molecule has 0 atom stereocenters. The summed E-state index contributed by atoms with van der Waals surface area (Å²) < 4.78 is 0. The highest BCUT2D eigenvalue weighted by atomic mass is 16.2. The van der Waals surface area contributed by atoms with Crippen LogP contribution >= 0.6 is 0 Å². The number of hydrogen-bond acceptors (Lipinski definition) is 2. The van der Waals surface area contributed by atoms with Gasteiger partial charge in [-0.2, -0.15) is 0 Å². The van der Waals surface area contributed by atoms with Crippen LogP contribution in [0.1, 0.15) is 17.3 Å². The number of hydrogen-bond donors (Lipinski definition) is 1. The van der Waals surface area contributed by atoms with Crippen molar-refractivity contribution in [3.63, 3.8) is 0 Å². The molecular formula is C17H18N2O2. The Labute approximate surface area is 124 Å². The molecule has 0 fully saturated rings. The molecule has 0 heterocycles. The highest BCUT2D eigenvalue weighted by molar-refractivity contribution is 6.04. The standard InChI is InChI=1S/C17H18N2O2/c1-3-18-17(21)19(2)16(20)15-11-9-14(10-12-15)13-7-5-4-6-8-13/h4-12H,3H2,1-2H3,(H,18,21). The van der Waals surface area contributed by atoms with E-state index in [1.807, 2.05) is 49.4 Å². The van der Waals surface area contributed by atoms with E-state index in [1.54, 1.807) is 12.1 Å². The van der Waals surface area contributed by atoms with Gasteiger partial charge >= 0.3 is 6.03 Å². The fraction of sp³-hybridized carbons (Fsp3) is 0.176. The van der Waals surface area contributed by atoms with Crippen LogP contribution in [0.25, 0.3) is 11.1 Å². The van der Waals surface area contributed by atoms with Crippen molar-refractivity contribution in [2.24, 2.45) is 0 Å². The van der Waals surface area contributed by atoms with Crippen molar-refractivity contribution in [1.29, 1.82) is 0 Å². The van der Waals surface area contributed by atoms with Crippen molar-refractivity contribution in [2.75, 3.05) is 13.6 Å². The summed E-state index contributed by atoms with van der Waals surface area (Å²) in [5.41, 5.74) is 2.62. The first-order chi connectivity index (χ1) is 10.1. The smallest absolute Gasteiger partial charge is 0.324 e. The minimum Gasteiger partial charge on any atom is -0.338 e. The average Bonchev–Trinajstić information content (AvgIpc) is 2.54. The molecule has 0 aromatic heterocycles. The van der Waals surface area contributed by atoms with E-state index in [2.05, 4.69) is 5.32 Å². The van der Waals surface area contributed by atoms with Gasteiger partial charge in [0.1, 0.15) is 0 Å². The van der Waals surface area contributed by atoms with E-state index in [4.69, 9.17) is 0 Å². The van der Waals surface area contributed by atoms with E-state index in [-0.39, 0.29) is 5.91 Å². The first-order valence-corrected chi connectivity index (χ1v) is 6.85. The van der Waals surface area contributed by atoms with Gasteiger partial charge < -0.3 is 5.32 Å². The third kappa shape index (κ3) is 3.48. The van der Waals surface area contributed by atoms with Gasteiger partial charge in [0, 0.05) is 19.2 Å². The minimum atomic E-state index is -0.394. The fourth-order valence-electron chi connectivity index (χ4n) is 1.99. The Bertz CT molecular complexity index is 621. The molecule has 0 saturated heterocycles. The van der Waals surface area contributed by atoms with E-state index >= 15 is 0 Å². The van der Waals surface area contributed by atoms with Crippen molar-refractivity contribution < 1.29 is 9.59 Å². The molecule has 2 rings (SSSR count). The third-order valence-corrected chi connectivity index (χ3v) is 3.18. The second-order valence-electron chi connectivity index (χ2n) is 4.64. The van der Waals surface area contributed by atoms with Gasteiger partial charge in [-0.15, -0.1) is 0 Å². The van der Waals surface area contributed by atoms with E-state index in [0.717, 1.165) is 16.0 Å². The van der Waals surface area contributed by atoms with Crippen molar-refractivity contribution >= 4 is 11.9 Å². The topological polar surface area (TPSA) is 49.4 Å². The molecule has 0 aliphatic carbocycles. The molecule has 108 valence electrons. The van der Waals surface area contributed by atoms with Crippen LogP contribution in [-0.4, -0.2) is 30.4 Å². The Hall–Kier alpha value is -2.62. The van der Waals surface area contributed by atoms with Crippen LogP contribution in [0.15, 0.2) is 54.6 Å². The lowest BCUT2D eigenvalue weighted by atomic mass is 10.0. The monoisotopic (exact) mass is 282 g/mol. The summed E-state index contributed by atoms with van der Waals surface area (Å²) in [7, 11) is 1.47. The predicted octanol–water partition coefficient (Wildman–Crippen LogP) is 3.16. The number of urea groups is 1. The Kier molecular flexibility index (Phi) is 4.72. The highest BCUT2D eigenvalue weighted by Gasteiger charge is 2.17. The van der Waals surface area contributed by atoms with Crippen LogP contribution in [0.2, 0.25) is 0 Å². The lowest BCUT2D eigenvalue weighted by Crippen LogP contribution is -2.40. The molecule has 0 radical (unpaired) electrons. The summed E-state index contributed by atoms with van der Waals surface area (Å²) in [5, 5.41) is 2.60. The Morgan fingerprint density at radius 1 is 0.952 bits per heavy atom. The zero-order valence-electron chi connectivity index (χ0n) is 12.2. The van der Waals surface area contributed by atoms with E-state index in [9.17, 15) is 9.59 Å².